The van der Waals surface area contributed by atoms with Gasteiger partial charge in [0.25, 0.3) is 5.91 Å². The summed E-state index contributed by atoms with van der Waals surface area (Å²) in [6.45, 7) is -1.80. The molecule has 1 aromatic heterocycles. The predicted molar refractivity (Wildman–Crippen MR) is 79.4 cm³/mol. The molecule has 1 aromatic carbocycles. The first-order chi connectivity index (χ1) is 12.2. The Hall–Kier alpha value is -2.75. The summed E-state index contributed by atoms with van der Waals surface area (Å²) in [5.41, 5.74) is 0.0834. The van der Waals surface area contributed by atoms with Crippen LogP contribution in [0.25, 0.3) is 0 Å². The zero-order valence-electron chi connectivity index (χ0n) is 13.1. The van der Waals surface area contributed by atoms with Gasteiger partial charge in [-0.3, -0.25) is 4.79 Å². The number of nitrogens with one attached hydrogen (secondary N) is 1. The van der Waals surface area contributed by atoms with Crippen LogP contribution in [0.15, 0.2) is 36.5 Å². The highest BCUT2D eigenvalue weighted by Gasteiger charge is 2.28. The Labute approximate surface area is 144 Å². The summed E-state index contributed by atoms with van der Waals surface area (Å²) in [6.07, 6.45) is -4.78. The number of hydrogen-bond donors (Lipinski definition) is 2. The van der Waals surface area contributed by atoms with Crippen molar-refractivity contribution in [3.63, 3.8) is 0 Å². The summed E-state index contributed by atoms with van der Waals surface area (Å²) in [4.78, 5) is 15.5. The van der Waals surface area contributed by atoms with E-state index in [1.807, 2.05) is 0 Å². The topological polar surface area (TPSA) is 71.5 Å². The van der Waals surface area contributed by atoms with E-state index in [-0.39, 0.29) is 23.6 Å². The number of benzene rings is 1. The molecule has 2 rings (SSSR count). The highest BCUT2D eigenvalue weighted by atomic mass is 19.4. The fourth-order valence-corrected chi connectivity index (χ4v) is 1.88. The maximum absolute atomic E-state index is 13.1. The fraction of sp³-hybridized carbons (Fsp3) is 0.250. The second-order valence-electron chi connectivity index (χ2n) is 5.19. The molecule has 5 nitrogen and oxygen atoms in total. The monoisotopic (exact) mass is 376 g/mol. The average molecular weight is 376 g/mol. The fourth-order valence-electron chi connectivity index (χ4n) is 1.88. The second kappa shape index (κ2) is 8.09. The molecular formula is C16H13F5N2O3. The number of hydrogen-bond acceptors (Lipinski definition) is 4. The molecule has 0 saturated heterocycles. The van der Waals surface area contributed by atoms with E-state index < -0.39 is 36.4 Å². The number of aliphatic hydroxyl groups excluding tert-OH is 1. The van der Waals surface area contributed by atoms with Crippen molar-refractivity contribution < 1.29 is 36.6 Å². The Balaban J connectivity index is 1.90. The van der Waals surface area contributed by atoms with Crippen LogP contribution < -0.4 is 10.1 Å². The number of carbonyl (C=O) groups excluding carboxylic acids is 1. The minimum Gasteiger partial charge on any atom is -0.468 e. The van der Waals surface area contributed by atoms with E-state index in [1.165, 1.54) is 12.1 Å². The average Bonchev–Trinajstić information content (AvgIpc) is 2.59. The van der Waals surface area contributed by atoms with E-state index in [9.17, 15) is 31.9 Å². The van der Waals surface area contributed by atoms with Crippen LogP contribution in [0.1, 0.15) is 22.0 Å². The van der Waals surface area contributed by atoms with Gasteiger partial charge in [0, 0.05) is 18.8 Å². The van der Waals surface area contributed by atoms with Gasteiger partial charge in [0.05, 0.1) is 11.7 Å². The first kappa shape index (κ1) is 19.6. The number of aliphatic hydroxyl groups is 1. The van der Waals surface area contributed by atoms with Crippen molar-refractivity contribution >= 4 is 5.91 Å². The first-order valence-electron chi connectivity index (χ1n) is 7.22. The van der Waals surface area contributed by atoms with Crippen LogP contribution in [0.2, 0.25) is 0 Å². The molecule has 10 heteroatoms. The lowest BCUT2D eigenvalue weighted by Gasteiger charge is -2.13. The molecule has 2 N–H and O–H groups in total. The number of carbonyl (C=O) groups is 1. The number of alkyl halides is 3. The predicted octanol–water partition coefficient (Wildman–Crippen LogP) is 2.76. The van der Waals surface area contributed by atoms with E-state index in [0.717, 1.165) is 24.4 Å². The van der Waals surface area contributed by atoms with Crippen LogP contribution in [0, 0.1) is 11.6 Å². The zero-order valence-corrected chi connectivity index (χ0v) is 13.1. The van der Waals surface area contributed by atoms with Gasteiger partial charge in [-0.25, -0.2) is 13.8 Å². The lowest BCUT2D eigenvalue weighted by atomic mass is 10.1. The van der Waals surface area contributed by atoms with E-state index >= 15 is 0 Å². The Morgan fingerprint density at radius 2 is 1.92 bits per heavy atom. The minimum atomic E-state index is -4.51. The quantitative estimate of drug-likeness (QED) is 0.761. The van der Waals surface area contributed by atoms with E-state index in [0.29, 0.717) is 0 Å². The SMILES string of the molecule is O=C(NCC(O)c1ccc(F)c(F)c1)c1ccc(OCC(F)(F)F)nc1. The molecule has 1 amide bonds. The van der Waals surface area contributed by atoms with Crippen LogP contribution in [-0.4, -0.2) is 35.3 Å². The van der Waals surface area contributed by atoms with Crippen molar-refractivity contribution in [2.45, 2.75) is 12.3 Å². The standard InChI is InChI=1S/C16H13F5N2O3/c17-11-3-1-9(5-12(11)18)13(24)7-23-15(25)10-2-4-14(22-6-10)26-8-16(19,20)21/h1-6,13,24H,7-8H2,(H,23,25). The van der Waals surface area contributed by atoms with Gasteiger partial charge < -0.3 is 15.2 Å². The first-order valence-corrected chi connectivity index (χ1v) is 7.22. The normalized spacial score (nSPS) is 12.5. The van der Waals surface area contributed by atoms with Crippen LogP contribution >= 0.6 is 0 Å². The lowest BCUT2D eigenvalue weighted by molar-refractivity contribution is -0.154. The van der Waals surface area contributed by atoms with Gasteiger partial charge in [-0.2, -0.15) is 13.2 Å². The van der Waals surface area contributed by atoms with Gasteiger partial charge in [0.2, 0.25) is 5.88 Å². The van der Waals surface area contributed by atoms with Crippen LogP contribution in [0.4, 0.5) is 22.0 Å². The summed E-state index contributed by atoms with van der Waals surface area (Å²) in [5.74, 6) is -3.17. The van der Waals surface area contributed by atoms with E-state index in [4.69, 9.17) is 0 Å². The molecule has 26 heavy (non-hydrogen) atoms. The highest BCUT2D eigenvalue weighted by molar-refractivity contribution is 5.93. The molecule has 2 aromatic rings. The molecule has 0 aliphatic rings. The van der Waals surface area contributed by atoms with Crippen LogP contribution in [0.5, 0.6) is 5.88 Å². The van der Waals surface area contributed by atoms with E-state index in [2.05, 4.69) is 15.0 Å². The molecular weight excluding hydrogens is 363 g/mol. The van der Waals surface area contributed by atoms with Gasteiger partial charge in [-0.1, -0.05) is 6.07 Å². The molecule has 1 unspecified atom stereocenters. The van der Waals surface area contributed by atoms with Gasteiger partial charge in [0.15, 0.2) is 18.2 Å². The Morgan fingerprint density at radius 1 is 1.19 bits per heavy atom. The minimum absolute atomic E-state index is 0.0156. The Morgan fingerprint density at radius 3 is 2.50 bits per heavy atom. The largest absolute Gasteiger partial charge is 0.468 e. The van der Waals surface area contributed by atoms with Crippen LogP contribution in [0.3, 0.4) is 0 Å². The molecule has 0 bridgehead atoms. The van der Waals surface area contributed by atoms with Crippen molar-refractivity contribution in [1.82, 2.24) is 10.3 Å². The Bertz CT molecular complexity index is 765. The molecule has 1 atom stereocenters. The number of nitrogens with zero attached hydrogens (tertiary/aromatic N) is 1. The van der Waals surface area contributed by atoms with E-state index in [1.54, 1.807) is 0 Å². The Kier molecular flexibility index (Phi) is 6.09. The summed E-state index contributed by atoms with van der Waals surface area (Å²) in [7, 11) is 0. The molecule has 0 radical (unpaired) electrons. The summed E-state index contributed by atoms with van der Waals surface area (Å²) >= 11 is 0. The number of aromatic nitrogens is 1. The summed E-state index contributed by atoms with van der Waals surface area (Å²) in [5, 5.41) is 12.2. The number of halogens is 5. The molecule has 0 spiro atoms. The third-order valence-corrected chi connectivity index (χ3v) is 3.17. The van der Waals surface area contributed by atoms with Gasteiger partial charge in [0.1, 0.15) is 0 Å². The van der Waals surface area contributed by atoms with Crippen molar-refractivity contribution in [2.24, 2.45) is 0 Å². The van der Waals surface area contributed by atoms with Crippen molar-refractivity contribution in [1.29, 1.82) is 0 Å². The van der Waals surface area contributed by atoms with Gasteiger partial charge in [-0.05, 0) is 23.8 Å². The zero-order chi connectivity index (χ0) is 19.3. The second-order valence-corrected chi connectivity index (χ2v) is 5.19. The molecule has 1 heterocycles. The molecule has 0 aliphatic carbocycles. The summed E-state index contributed by atoms with van der Waals surface area (Å²) in [6, 6.07) is 5.10. The number of ether oxygens (including phenoxy) is 1. The number of pyridine rings is 1. The van der Waals surface area contributed by atoms with Crippen LogP contribution in [-0.2, 0) is 0 Å². The van der Waals surface area contributed by atoms with Gasteiger partial charge >= 0.3 is 6.18 Å². The lowest BCUT2D eigenvalue weighted by Crippen LogP contribution is -2.28. The molecule has 0 aliphatic heterocycles. The number of rotatable bonds is 6. The number of amides is 1. The van der Waals surface area contributed by atoms with Crippen molar-refractivity contribution in [3.8, 4) is 5.88 Å². The van der Waals surface area contributed by atoms with Crippen molar-refractivity contribution in [2.75, 3.05) is 13.2 Å². The van der Waals surface area contributed by atoms with Crippen molar-refractivity contribution in [3.05, 3.63) is 59.3 Å². The molecule has 0 saturated carbocycles. The maximum Gasteiger partial charge on any atom is 0.422 e. The smallest absolute Gasteiger partial charge is 0.422 e. The highest BCUT2D eigenvalue weighted by Crippen LogP contribution is 2.18. The molecule has 0 fully saturated rings. The molecule has 140 valence electrons. The van der Waals surface area contributed by atoms with Gasteiger partial charge in [-0.15, -0.1) is 0 Å². The maximum atomic E-state index is 13.1. The third kappa shape index (κ3) is 5.66. The summed E-state index contributed by atoms with van der Waals surface area (Å²) < 4.78 is 66.4. The third-order valence-electron chi connectivity index (χ3n) is 3.17.